The van der Waals surface area contributed by atoms with Crippen LogP contribution in [0.4, 0.5) is 0 Å². The molecule has 106 valence electrons. The highest BCUT2D eigenvalue weighted by molar-refractivity contribution is 5.69. The van der Waals surface area contributed by atoms with Crippen LogP contribution in [0, 0.1) is 0 Å². The van der Waals surface area contributed by atoms with E-state index in [4.69, 9.17) is 9.47 Å². The molecule has 1 aliphatic heterocycles. The van der Waals surface area contributed by atoms with E-state index < -0.39 is 0 Å². The van der Waals surface area contributed by atoms with Gasteiger partial charge in [-0.1, -0.05) is 6.07 Å². The van der Waals surface area contributed by atoms with Gasteiger partial charge in [-0.25, -0.2) is 4.98 Å². The summed E-state index contributed by atoms with van der Waals surface area (Å²) in [4.78, 5) is 7.87. The molecule has 5 nitrogen and oxygen atoms in total. The molecule has 2 N–H and O–H groups in total. The van der Waals surface area contributed by atoms with Crippen molar-refractivity contribution in [3.8, 4) is 22.9 Å². The number of H-pyrrole nitrogens is 1. The first-order chi connectivity index (χ1) is 9.83. The summed E-state index contributed by atoms with van der Waals surface area (Å²) in [6.45, 7) is 1.07. The quantitative estimate of drug-likeness (QED) is 0.898. The zero-order valence-corrected chi connectivity index (χ0v) is 11.8. The minimum absolute atomic E-state index is 0.382. The number of methoxy groups -OCH3 is 2. The highest BCUT2D eigenvalue weighted by Crippen LogP contribution is 2.37. The number of aromatic amines is 1. The SMILES string of the molecule is COc1cccc(-c2ncc(C3CCCN3)[nH]2)c1OC. The number of imidazole rings is 1. The third-order valence-electron chi connectivity index (χ3n) is 3.69. The summed E-state index contributed by atoms with van der Waals surface area (Å²) in [5.74, 6) is 2.22. The third kappa shape index (κ3) is 2.25. The lowest BCUT2D eigenvalue weighted by molar-refractivity contribution is 0.356. The number of benzene rings is 1. The molecule has 3 rings (SSSR count). The Labute approximate surface area is 118 Å². The van der Waals surface area contributed by atoms with Crippen LogP contribution in [0.25, 0.3) is 11.4 Å². The minimum Gasteiger partial charge on any atom is -0.493 e. The van der Waals surface area contributed by atoms with Crippen LogP contribution in [0.5, 0.6) is 11.5 Å². The Morgan fingerprint density at radius 1 is 1.25 bits per heavy atom. The van der Waals surface area contributed by atoms with Gasteiger partial charge < -0.3 is 19.8 Å². The molecule has 0 amide bonds. The Morgan fingerprint density at radius 3 is 2.85 bits per heavy atom. The van der Waals surface area contributed by atoms with Crippen LogP contribution in [0.2, 0.25) is 0 Å². The summed E-state index contributed by atoms with van der Waals surface area (Å²) >= 11 is 0. The predicted molar refractivity (Wildman–Crippen MR) is 77.1 cm³/mol. The van der Waals surface area contributed by atoms with Crippen molar-refractivity contribution in [3.05, 3.63) is 30.1 Å². The first kappa shape index (κ1) is 13.0. The van der Waals surface area contributed by atoms with E-state index in [1.54, 1.807) is 14.2 Å². The summed E-state index contributed by atoms with van der Waals surface area (Å²) in [7, 11) is 3.28. The Kier molecular flexibility index (Phi) is 3.60. The van der Waals surface area contributed by atoms with E-state index in [-0.39, 0.29) is 0 Å². The van der Waals surface area contributed by atoms with Crippen LogP contribution < -0.4 is 14.8 Å². The fourth-order valence-corrected chi connectivity index (χ4v) is 2.67. The lowest BCUT2D eigenvalue weighted by Crippen LogP contribution is -2.12. The summed E-state index contributed by atoms with van der Waals surface area (Å²) in [6, 6.07) is 6.18. The topological polar surface area (TPSA) is 59.2 Å². The van der Waals surface area contributed by atoms with Gasteiger partial charge in [0.2, 0.25) is 0 Å². The molecule has 0 aliphatic carbocycles. The van der Waals surface area contributed by atoms with Gasteiger partial charge in [0, 0.05) is 6.04 Å². The maximum atomic E-state index is 5.46. The summed E-state index contributed by atoms with van der Waals surface area (Å²) in [6.07, 6.45) is 4.26. The van der Waals surface area contributed by atoms with Gasteiger partial charge >= 0.3 is 0 Å². The molecule has 1 aliphatic rings. The molecule has 0 saturated carbocycles. The number of hydrogen-bond acceptors (Lipinski definition) is 4. The molecule has 2 aromatic rings. The van der Waals surface area contributed by atoms with Crippen molar-refractivity contribution in [1.82, 2.24) is 15.3 Å². The Bertz CT molecular complexity index is 589. The van der Waals surface area contributed by atoms with E-state index in [2.05, 4.69) is 15.3 Å². The molecular weight excluding hydrogens is 254 g/mol. The molecule has 1 aromatic carbocycles. The van der Waals surface area contributed by atoms with E-state index in [9.17, 15) is 0 Å². The van der Waals surface area contributed by atoms with Gasteiger partial charge in [0.1, 0.15) is 5.82 Å². The fourth-order valence-electron chi connectivity index (χ4n) is 2.67. The second-order valence-corrected chi connectivity index (χ2v) is 4.88. The lowest BCUT2D eigenvalue weighted by atomic mass is 10.1. The van der Waals surface area contributed by atoms with Gasteiger partial charge in [0.05, 0.1) is 31.7 Å². The van der Waals surface area contributed by atoms with Crippen LogP contribution in [-0.2, 0) is 0 Å². The van der Waals surface area contributed by atoms with E-state index in [1.165, 1.54) is 6.42 Å². The van der Waals surface area contributed by atoms with Crippen molar-refractivity contribution in [2.45, 2.75) is 18.9 Å². The van der Waals surface area contributed by atoms with Crippen LogP contribution >= 0.6 is 0 Å². The maximum absolute atomic E-state index is 5.46. The van der Waals surface area contributed by atoms with Crippen molar-refractivity contribution in [3.63, 3.8) is 0 Å². The number of nitrogens with zero attached hydrogens (tertiary/aromatic N) is 1. The van der Waals surface area contributed by atoms with Crippen molar-refractivity contribution in [2.75, 3.05) is 20.8 Å². The number of aromatic nitrogens is 2. The van der Waals surface area contributed by atoms with E-state index in [1.807, 2.05) is 24.4 Å². The van der Waals surface area contributed by atoms with Gasteiger partial charge in [-0.15, -0.1) is 0 Å². The molecule has 0 spiro atoms. The van der Waals surface area contributed by atoms with E-state index >= 15 is 0 Å². The zero-order valence-electron chi connectivity index (χ0n) is 11.8. The van der Waals surface area contributed by atoms with Crippen molar-refractivity contribution >= 4 is 0 Å². The standard InChI is InChI=1S/C15H19N3O2/c1-19-13-7-3-5-10(14(13)20-2)15-17-9-12(18-15)11-6-4-8-16-11/h3,5,7,9,11,16H,4,6,8H2,1-2H3,(H,17,18). The first-order valence-corrected chi connectivity index (χ1v) is 6.83. The Hall–Kier alpha value is -2.01. The lowest BCUT2D eigenvalue weighted by Gasteiger charge is -2.11. The molecule has 1 atom stereocenters. The number of rotatable bonds is 4. The smallest absolute Gasteiger partial charge is 0.171 e. The molecule has 0 bridgehead atoms. The molecule has 2 heterocycles. The molecule has 1 unspecified atom stereocenters. The third-order valence-corrected chi connectivity index (χ3v) is 3.69. The number of hydrogen-bond donors (Lipinski definition) is 2. The molecular formula is C15H19N3O2. The zero-order chi connectivity index (χ0) is 13.9. The average molecular weight is 273 g/mol. The highest BCUT2D eigenvalue weighted by Gasteiger charge is 2.20. The normalized spacial score (nSPS) is 18.2. The molecule has 1 saturated heterocycles. The van der Waals surface area contributed by atoms with Gasteiger partial charge in [0.15, 0.2) is 11.5 Å². The number of ether oxygens (including phenoxy) is 2. The molecule has 0 radical (unpaired) electrons. The van der Waals surface area contributed by atoms with Crippen LogP contribution in [0.15, 0.2) is 24.4 Å². The first-order valence-electron chi connectivity index (χ1n) is 6.83. The molecule has 20 heavy (non-hydrogen) atoms. The van der Waals surface area contributed by atoms with Crippen molar-refractivity contribution < 1.29 is 9.47 Å². The average Bonchev–Trinajstić information content (AvgIpc) is 3.16. The molecule has 5 heteroatoms. The predicted octanol–water partition coefficient (Wildman–Crippen LogP) is 2.52. The Balaban J connectivity index is 1.96. The summed E-state index contributed by atoms with van der Waals surface area (Å²) in [5.41, 5.74) is 2.04. The van der Waals surface area contributed by atoms with E-state index in [0.29, 0.717) is 17.5 Å². The summed E-state index contributed by atoms with van der Waals surface area (Å²) < 4.78 is 10.8. The number of nitrogens with one attached hydrogen (secondary N) is 2. The highest BCUT2D eigenvalue weighted by atomic mass is 16.5. The molecule has 1 aromatic heterocycles. The maximum Gasteiger partial charge on any atom is 0.171 e. The van der Waals surface area contributed by atoms with Crippen molar-refractivity contribution in [1.29, 1.82) is 0 Å². The van der Waals surface area contributed by atoms with E-state index in [0.717, 1.165) is 30.0 Å². The second-order valence-electron chi connectivity index (χ2n) is 4.88. The van der Waals surface area contributed by atoms with Gasteiger partial charge in [-0.05, 0) is 31.5 Å². The van der Waals surface area contributed by atoms with Crippen LogP contribution in [0.3, 0.4) is 0 Å². The van der Waals surface area contributed by atoms with Gasteiger partial charge in [-0.3, -0.25) is 0 Å². The largest absolute Gasteiger partial charge is 0.493 e. The fraction of sp³-hybridized carbons (Fsp3) is 0.400. The van der Waals surface area contributed by atoms with Crippen molar-refractivity contribution in [2.24, 2.45) is 0 Å². The number of para-hydroxylation sites is 1. The molecule has 1 fully saturated rings. The van der Waals surface area contributed by atoms with Gasteiger partial charge in [0.25, 0.3) is 0 Å². The minimum atomic E-state index is 0.382. The summed E-state index contributed by atoms with van der Waals surface area (Å²) in [5, 5.41) is 3.46. The van der Waals surface area contributed by atoms with Gasteiger partial charge in [-0.2, -0.15) is 0 Å². The van der Waals surface area contributed by atoms with Crippen LogP contribution in [0.1, 0.15) is 24.6 Å². The second kappa shape index (κ2) is 5.54. The van der Waals surface area contributed by atoms with Crippen LogP contribution in [-0.4, -0.2) is 30.7 Å². The monoisotopic (exact) mass is 273 g/mol. The Morgan fingerprint density at radius 2 is 2.15 bits per heavy atom.